The quantitative estimate of drug-likeness (QED) is 0.839. The third-order valence-electron chi connectivity index (χ3n) is 2.31. The minimum Gasteiger partial charge on any atom is -0.495 e. The number of carboxylic acid groups (broad SMARTS) is 1. The Morgan fingerprint density at radius 1 is 1.53 bits per heavy atom. The number of nitrogens with two attached hydrogens (primary N) is 1. The van der Waals surface area contributed by atoms with Crippen LogP contribution in [0.25, 0.3) is 0 Å². The van der Waals surface area contributed by atoms with E-state index >= 15 is 0 Å². The number of hydrogen-bond acceptors (Lipinski definition) is 4. The summed E-state index contributed by atoms with van der Waals surface area (Å²) in [6.07, 6.45) is 0. The van der Waals surface area contributed by atoms with E-state index in [4.69, 9.17) is 31.9 Å². The van der Waals surface area contributed by atoms with Crippen LogP contribution in [0.4, 0.5) is 0 Å². The van der Waals surface area contributed by atoms with Gasteiger partial charge in [-0.3, -0.25) is 4.79 Å². The van der Waals surface area contributed by atoms with Crippen LogP contribution in [-0.4, -0.2) is 25.3 Å². The maximum absolute atomic E-state index is 10.9. The Labute approximate surface area is 104 Å². The summed E-state index contributed by atoms with van der Waals surface area (Å²) in [5.74, 6) is -0.663. The lowest BCUT2D eigenvalue weighted by atomic mass is 10.0. The highest BCUT2D eigenvalue weighted by Crippen LogP contribution is 2.31. The number of rotatable bonds is 5. The lowest BCUT2D eigenvalue weighted by Gasteiger charge is -2.15. The van der Waals surface area contributed by atoms with Crippen molar-refractivity contribution in [3.05, 3.63) is 28.3 Å². The molecule has 0 aliphatic carbocycles. The van der Waals surface area contributed by atoms with E-state index in [1.165, 1.54) is 20.3 Å². The van der Waals surface area contributed by atoms with Gasteiger partial charge >= 0.3 is 5.97 Å². The van der Waals surface area contributed by atoms with Gasteiger partial charge in [0.15, 0.2) is 0 Å². The van der Waals surface area contributed by atoms with E-state index in [-0.39, 0.29) is 6.61 Å². The summed E-state index contributed by atoms with van der Waals surface area (Å²) in [4.78, 5) is 10.9. The minimum absolute atomic E-state index is 0.240. The Morgan fingerprint density at radius 3 is 2.65 bits per heavy atom. The van der Waals surface area contributed by atoms with Gasteiger partial charge in [0.2, 0.25) is 0 Å². The van der Waals surface area contributed by atoms with Crippen LogP contribution >= 0.6 is 11.6 Å². The third kappa shape index (κ3) is 3.09. The Morgan fingerprint density at radius 2 is 2.18 bits per heavy atom. The smallest absolute Gasteiger partial charge is 0.325 e. The Bertz CT molecular complexity index is 422. The van der Waals surface area contributed by atoms with Crippen molar-refractivity contribution >= 4 is 17.6 Å². The molecule has 0 radical (unpaired) electrons. The first kappa shape index (κ1) is 13.8. The highest BCUT2D eigenvalue weighted by molar-refractivity contribution is 6.32. The van der Waals surface area contributed by atoms with Gasteiger partial charge in [0.25, 0.3) is 0 Å². The molecular weight excluding hydrogens is 246 g/mol. The summed E-state index contributed by atoms with van der Waals surface area (Å²) in [7, 11) is 2.99. The summed E-state index contributed by atoms with van der Waals surface area (Å²) < 4.78 is 10.0. The van der Waals surface area contributed by atoms with Crippen LogP contribution in [0.3, 0.4) is 0 Å². The Kier molecular flexibility index (Phi) is 4.74. The van der Waals surface area contributed by atoms with Crippen molar-refractivity contribution in [2.24, 2.45) is 5.73 Å². The average Bonchev–Trinajstić information content (AvgIpc) is 2.30. The first-order chi connectivity index (χ1) is 8.01. The summed E-state index contributed by atoms with van der Waals surface area (Å²) in [5, 5.41) is 9.22. The molecule has 0 saturated carbocycles. The zero-order chi connectivity index (χ0) is 13.0. The van der Waals surface area contributed by atoms with Gasteiger partial charge in [-0.15, -0.1) is 0 Å². The van der Waals surface area contributed by atoms with Gasteiger partial charge in [0.05, 0.1) is 18.7 Å². The van der Waals surface area contributed by atoms with E-state index in [0.717, 1.165) is 0 Å². The molecule has 0 heterocycles. The fraction of sp³-hybridized carbons (Fsp3) is 0.364. The molecular formula is C11H14ClNO4. The predicted molar refractivity (Wildman–Crippen MR) is 63.3 cm³/mol. The summed E-state index contributed by atoms with van der Waals surface area (Å²) >= 11 is 5.94. The number of ether oxygens (including phenoxy) is 2. The fourth-order valence-corrected chi connectivity index (χ4v) is 1.72. The van der Waals surface area contributed by atoms with Gasteiger partial charge < -0.3 is 20.3 Å². The largest absolute Gasteiger partial charge is 0.495 e. The van der Waals surface area contributed by atoms with Crippen LogP contribution in [0.5, 0.6) is 5.75 Å². The Hall–Kier alpha value is -1.30. The molecule has 1 unspecified atom stereocenters. The van der Waals surface area contributed by atoms with Gasteiger partial charge in [-0.05, 0) is 23.3 Å². The minimum atomic E-state index is -1.14. The molecule has 3 N–H and O–H groups in total. The van der Waals surface area contributed by atoms with E-state index in [1.54, 1.807) is 6.07 Å². The number of halogens is 1. The van der Waals surface area contributed by atoms with E-state index in [0.29, 0.717) is 21.9 Å². The van der Waals surface area contributed by atoms with Gasteiger partial charge in [-0.2, -0.15) is 0 Å². The fourth-order valence-electron chi connectivity index (χ4n) is 1.47. The molecule has 0 fully saturated rings. The monoisotopic (exact) mass is 259 g/mol. The van der Waals surface area contributed by atoms with Crippen molar-refractivity contribution in [3.63, 3.8) is 0 Å². The van der Waals surface area contributed by atoms with Crippen LogP contribution in [-0.2, 0) is 16.1 Å². The maximum Gasteiger partial charge on any atom is 0.325 e. The Balaban J connectivity index is 3.26. The summed E-state index contributed by atoms with van der Waals surface area (Å²) in [6, 6.07) is 1.99. The zero-order valence-electron chi connectivity index (χ0n) is 9.57. The maximum atomic E-state index is 10.9. The highest BCUT2D eigenvalue weighted by Gasteiger charge is 2.20. The van der Waals surface area contributed by atoms with Crippen molar-refractivity contribution in [2.75, 3.05) is 14.2 Å². The van der Waals surface area contributed by atoms with Gasteiger partial charge in [-0.25, -0.2) is 0 Å². The molecule has 0 bridgehead atoms. The number of hydrogen-bond donors (Lipinski definition) is 2. The number of aliphatic carboxylic acids is 1. The van der Waals surface area contributed by atoms with Gasteiger partial charge in [-0.1, -0.05) is 11.6 Å². The summed E-state index contributed by atoms with van der Waals surface area (Å²) in [6.45, 7) is 0.240. The van der Waals surface area contributed by atoms with Crippen molar-refractivity contribution in [2.45, 2.75) is 12.6 Å². The molecule has 5 nitrogen and oxygen atoms in total. The lowest BCUT2D eigenvalue weighted by Crippen LogP contribution is -2.22. The molecule has 94 valence electrons. The normalized spacial score (nSPS) is 12.2. The molecule has 0 amide bonds. The molecule has 6 heteroatoms. The SMILES string of the molecule is COCc1cc(OC)c(Cl)cc1C(N)C(=O)O. The molecule has 1 aromatic carbocycles. The second kappa shape index (κ2) is 5.86. The topological polar surface area (TPSA) is 81.8 Å². The van der Waals surface area contributed by atoms with Crippen LogP contribution in [0.1, 0.15) is 17.2 Å². The standard InChI is InChI=1S/C11H14ClNO4/c1-16-5-6-3-9(17-2)8(12)4-7(6)10(13)11(14)15/h3-4,10H,5,13H2,1-2H3,(H,14,15). The van der Waals surface area contributed by atoms with Crippen LogP contribution < -0.4 is 10.5 Å². The van der Waals surface area contributed by atoms with Crippen molar-refractivity contribution in [1.82, 2.24) is 0 Å². The predicted octanol–water partition coefficient (Wildman–Crippen LogP) is 1.58. The number of carboxylic acids is 1. The molecule has 0 aromatic heterocycles. The van der Waals surface area contributed by atoms with E-state index < -0.39 is 12.0 Å². The van der Waals surface area contributed by atoms with Crippen molar-refractivity contribution in [1.29, 1.82) is 0 Å². The number of methoxy groups -OCH3 is 2. The first-order valence-corrected chi connectivity index (χ1v) is 5.22. The molecule has 1 atom stereocenters. The molecule has 1 aromatic rings. The summed E-state index contributed by atoms with van der Waals surface area (Å²) in [5.41, 5.74) is 6.64. The lowest BCUT2D eigenvalue weighted by molar-refractivity contribution is -0.138. The number of benzene rings is 1. The molecule has 1 rings (SSSR count). The van der Waals surface area contributed by atoms with E-state index in [2.05, 4.69) is 0 Å². The van der Waals surface area contributed by atoms with Crippen LogP contribution in [0.15, 0.2) is 12.1 Å². The third-order valence-corrected chi connectivity index (χ3v) is 2.61. The van der Waals surface area contributed by atoms with E-state index in [9.17, 15) is 4.79 Å². The first-order valence-electron chi connectivity index (χ1n) is 4.84. The zero-order valence-corrected chi connectivity index (χ0v) is 10.3. The second-order valence-electron chi connectivity index (χ2n) is 3.43. The van der Waals surface area contributed by atoms with Crippen LogP contribution in [0.2, 0.25) is 5.02 Å². The molecule has 0 saturated heterocycles. The van der Waals surface area contributed by atoms with E-state index in [1.807, 2.05) is 0 Å². The second-order valence-corrected chi connectivity index (χ2v) is 3.84. The van der Waals surface area contributed by atoms with Crippen molar-refractivity contribution in [3.8, 4) is 5.75 Å². The number of carbonyl (C=O) groups is 1. The van der Waals surface area contributed by atoms with Gasteiger partial charge in [0.1, 0.15) is 11.8 Å². The molecule has 0 spiro atoms. The molecule has 0 aliphatic heterocycles. The molecule has 0 aliphatic rings. The van der Waals surface area contributed by atoms with Crippen molar-refractivity contribution < 1.29 is 19.4 Å². The average molecular weight is 260 g/mol. The molecule has 17 heavy (non-hydrogen) atoms. The highest BCUT2D eigenvalue weighted by atomic mass is 35.5. The van der Waals surface area contributed by atoms with Crippen LogP contribution in [0, 0.1) is 0 Å². The van der Waals surface area contributed by atoms with Gasteiger partial charge in [0, 0.05) is 7.11 Å².